The Morgan fingerprint density at radius 3 is 2.40 bits per heavy atom. The van der Waals surface area contributed by atoms with Gasteiger partial charge in [0, 0.05) is 0 Å². The number of nitrogens with zero attached hydrogens (tertiary/aromatic N) is 2. The second kappa shape index (κ2) is 4.02. The van der Waals surface area contributed by atoms with Crippen molar-refractivity contribution in [3.05, 3.63) is 35.0 Å². The molecule has 0 radical (unpaired) electrons. The molecule has 0 atom stereocenters. The fourth-order valence-electron chi connectivity index (χ4n) is 1.33. The Kier molecular flexibility index (Phi) is 2.54. The molecule has 0 unspecified atom stereocenters. The van der Waals surface area contributed by atoms with Gasteiger partial charge < -0.3 is 0 Å². The van der Waals surface area contributed by atoms with Crippen LogP contribution < -0.4 is 0 Å². The number of rotatable bonds is 2. The van der Waals surface area contributed by atoms with Crippen molar-refractivity contribution >= 4 is 37.4 Å². The van der Waals surface area contributed by atoms with Crippen molar-refractivity contribution in [2.45, 2.75) is 0 Å². The van der Waals surface area contributed by atoms with Crippen molar-refractivity contribution in [3.63, 3.8) is 0 Å². The van der Waals surface area contributed by atoms with Crippen LogP contribution in [0.4, 0.5) is 0 Å². The minimum atomic E-state index is 0.157. The summed E-state index contributed by atoms with van der Waals surface area (Å²) in [5, 5.41) is 8.44. The van der Waals surface area contributed by atoms with Gasteiger partial charge in [0.25, 0.3) is 0 Å². The molecular formula is C10H6N2S2Se. The Hall–Kier alpha value is -0.741. The molecule has 74 valence electrons. The first-order valence-electron chi connectivity index (χ1n) is 4.35. The van der Waals surface area contributed by atoms with Crippen molar-refractivity contribution < 1.29 is 0 Å². The van der Waals surface area contributed by atoms with E-state index >= 15 is 0 Å². The van der Waals surface area contributed by atoms with Crippen molar-refractivity contribution in [3.8, 4) is 19.9 Å². The normalized spacial score (nSPS) is 10.7. The summed E-state index contributed by atoms with van der Waals surface area (Å²) in [5.74, 6) is 0. The van der Waals surface area contributed by atoms with Crippen LogP contribution in [0.2, 0.25) is 0 Å². The van der Waals surface area contributed by atoms with E-state index in [0.29, 0.717) is 0 Å². The van der Waals surface area contributed by atoms with E-state index in [2.05, 4.69) is 44.2 Å². The first-order valence-corrected chi connectivity index (χ1v) is 7.73. The van der Waals surface area contributed by atoms with E-state index in [9.17, 15) is 0 Å². The third-order valence-corrected chi connectivity index (χ3v) is 5.64. The molecule has 0 fully saturated rings. The quantitative estimate of drug-likeness (QED) is 0.680. The molecule has 0 saturated heterocycles. The van der Waals surface area contributed by atoms with Gasteiger partial charge in [0.05, 0.1) is 0 Å². The van der Waals surface area contributed by atoms with Crippen LogP contribution in [0.1, 0.15) is 0 Å². The van der Waals surface area contributed by atoms with Gasteiger partial charge in [0.2, 0.25) is 0 Å². The van der Waals surface area contributed by atoms with Crippen LogP contribution in [0.5, 0.6) is 0 Å². The molecular weight excluding hydrogens is 291 g/mol. The third-order valence-electron chi connectivity index (χ3n) is 1.99. The molecule has 15 heavy (non-hydrogen) atoms. The molecule has 5 heteroatoms. The number of aromatic nitrogens is 2. The van der Waals surface area contributed by atoms with Gasteiger partial charge in [-0.3, -0.25) is 0 Å². The maximum absolute atomic E-state index is 4.27. The standard InChI is InChI=1S/C10H6N2S2Se/c1-3-7(13-5-1)9-10(15-12-11-9)8-4-2-6-14-8/h1-6H. The zero-order chi connectivity index (χ0) is 10.1. The van der Waals surface area contributed by atoms with Crippen molar-refractivity contribution in [2.24, 2.45) is 0 Å². The SMILES string of the molecule is c1csc(-c2nn[se]c2-c2cccs2)c1. The van der Waals surface area contributed by atoms with Crippen LogP contribution in [0.15, 0.2) is 35.0 Å². The van der Waals surface area contributed by atoms with Gasteiger partial charge in [-0.2, -0.15) is 0 Å². The summed E-state index contributed by atoms with van der Waals surface area (Å²) < 4.78 is 5.50. The molecule has 3 heterocycles. The Morgan fingerprint density at radius 1 is 1.00 bits per heavy atom. The summed E-state index contributed by atoms with van der Waals surface area (Å²) in [6.45, 7) is 0. The van der Waals surface area contributed by atoms with Crippen LogP contribution in [0.3, 0.4) is 0 Å². The second-order valence-corrected chi connectivity index (χ2v) is 6.38. The second-order valence-electron chi connectivity index (χ2n) is 2.91. The van der Waals surface area contributed by atoms with Gasteiger partial charge in [-0.15, -0.1) is 0 Å². The summed E-state index contributed by atoms with van der Waals surface area (Å²) in [7, 11) is 0. The molecule has 3 rings (SSSR count). The van der Waals surface area contributed by atoms with E-state index in [1.165, 1.54) is 14.2 Å². The van der Waals surface area contributed by atoms with E-state index < -0.39 is 0 Å². The molecule has 0 saturated carbocycles. The summed E-state index contributed by atoms with van der Waals surface area (Å²) >= 11 is 3.64. The van der Waals surface area contributed by atoms with Crippen molar-refractivity contribution in [1.82, 2.24) is 9.19 Å². The van der Waals surface area contributed by atoms with Crippen LogP contribution >= 0.6 is 22.7 Å². The van der Waals surface area contributed by atoms with Crippen LogP contribution in [-0.4, -0.2) is 23.9 Å². The molecule has 0 aliphatic carbocycles. The Labute approximate surface area is 101 Å². The Morgan fingerprint density at radius 2 is 1.73 bits per heavy atom. The summed E-state index contributed by atoms with van der Waals surface area (Å²) in [6, 6.07) is 8.38. The van der Waals surface area contributed by atoms with Gasteiger partial charge >= 0.3 is 102 Å². The van der Waals surface area contributed by atoms with Gasteiger partial charge in [0.15, 0.2) is 0 Å². The number of thiophene rings is 2. The van der Waals surface area contributed by atoms with E-state index in [1.54, 1.807) is 22.7 Å². The van der Waals surface area contributed by atoms with Gasteiger partial charge in [-0.25, -0.2) is 0 Å². The van der Waals surface area contributed by atoms with E-state index in [-0.39, 0.29) is 14.7 Å². The molecule has 3 aromatic heterocycles. The molecule has 2 nitrogen and oxygen atoms in total. The predicted molar refractivity (Wildman–Crippen MR) is 65.6 cm³/mol. The summed E-state index contributed by atoms with van der Waals surface area (Å²) in [6.07, 6.45) is 0. The van der Waals surface area contributed by atoms with Crippen LogP contribution in [-0.2, 0) is 0 Å². The predicted octanol–water partition coefficient (Wildman–Crippen LogP) is 2.99. The van der Waals surface area contributed by atoms with Gasteiger partial charge in [0.1, 0.15) is 0 Å². The number of hydrogen-bond donors (Lipinski definition) is 0. The zero-order valence-electron chi connectivity index (χ0n) is 7.58. The first-order chi connectivity index (χ1) is 7.45. The fraction of sp³-hybridized carbons (Fsp3) is 0. The van der Waals surface area contributed by atoms with Gasteiger partial charge in [-0.05, 0) is 0 Å². The fourth-order valence-corrected chi connectivity index (χ4v) is 4.61. The van der Waals surface area contributed by atoms with Crippen molar-refractivity contribution in [2.75, 3.05) is 0 Å². The molecule has 0 aromatic carbocycles. The zero-order valence-corrected chi connectivity index (χ0v) is 10.9. The summed E-state index contributed by atoms with van der Waals surface area (Å²) in [5.41, 5.74) is 1.08. The third kappa shape index (κ3) is 1.72. The van der Waals surface area contributed by atoms with Crippen molar-refractivity contribution in [1.29, 1.82) is 0 Å². The summed E-state index contributed by atoms with van der Waals surface area (Å²) in [4.78, 5) is 2.53. The Balaban J connectivity index is 2.15. The molecule has 0 aliphatic heterocycles. The van der Waals surface area contributed by atoms with Crippen LogP contribution in [0.25, 0.3) is 19.9 Å². The Bertz CT molecular complexity index is 491. The maximum atomic E-state index is 4.27. The average molecular weight is 297 g/mol. The molecule has 0 spiro atoms. The molecule has 0 amide bonds. The van der Waals surface area contributed by atoms with Gasteiger partial charge in [-0.1, -0.05) is 0 Å². The molecule has 0 aliphatic rings. The number of hydrogen-bond acceptors (Lipinski definition) is 4. The molecule has 0 bridgehead atoms. The minimum absolute atomic E-state index is 0.157. The first kappa shape index (κ1) is 9.48. The monoisotopic (exact) mass is 298 g/mol. The average Bonchev–Trinajstić information content (AvgIpc) is 3.01. The molecule has 3 aromatic rings. The topological polar surface area (TPSA) is 25.8 Å². The van der Waals surface area contributed by atoms with Crippen LogP contribution in [0, 0.1) is 0 Å². The van der Waals surface area contributed by atoms with E-state index in [1.807, 2.05) is 0 Å². The van der Waals surface area contributed by atoms with E-state index in [0.717, 1.165) is 5.69 Å². The van der Waals surface area contributed by atoms with E-state index in [4.69, 9.17) is 0 Å². The molecule has 0 N–H and O–H groups in total.